The van der Waals surface area contributed by atoms with Crippen LogP contribution >= 0.6 is 0 Å². The smallest absolute Gasteiger partial charge is 0.352 e. The van der Waals surface area contributed by atoms with E-state index in [1.807, 2.05) is 0 Å². The van der Waals surface area contributed by atoms with Gasteiger partial charge in [0, 0.05) is 0 Å². The topological polar surface area (TPSA) is 52.6 Å². The molecule has 0 radical (unpaired) electrons. The van der Waals surface area contributed by atoms with Gasteiger partial charge in [0.2, 0.25) is 0 Å². The molecule has 20 heavy (non-hydrogen) atoms. The second-order valence-corrected chi connectivity index (χ2v) is 3.80. The summed E-state index contributed by atoms with van der Waals surface area (Å²) in [5.74, 6) is -11.8. The van der Waals surface area contributed by atoms with E-state index in [0.717, 1.165) is 0 Å². The summed E-state index contributed by atoms with van der Waals surface area (Å²) >= 11 is 0. The van der Waals surface area contributed by atoms with E-state index in [2.05, 4.69) is 9.47 Å². The van der Waals surface area contributed by atoms with Gasteiger partial charge in [-0.2, -0.15) is 0 Å². The number of ether oxygens (including phenoxy) is 2. The zero-order chi connectivity index (χ0) is 15.5. The lowest BCUT2D eigenvalue weighted by molar-refractivity contribution is -0.167. The first-order valence-electron chi connectivity index (χ1n) is 5.76. The molecule has 0 aromatic carbocycles. The first-order chi connectivity index (χ1) is 9.30. The van der Waals surface area contributed by atoms with Crippen LogP contribution in [0.15, 0.2) is 23.6 Å². The van der Waals surface area contributed by atoms with Crippen molar-refractivity contribution in [2.45, 2.75) is 19.5 Å². The maximum atomic E-state index is 14.5. The van der Waals surface area contributed by atoms with Gasteiger partial charge in [-0.15, -0.1) is 0 Å². The minimum atomic E-state index is -3.78. The number of allylic oxidation sites excluding steroid dienone is 2. The van der Waals surface area contributed by atoms with Gasteiger partial charge in [-0.05, 0) is 19.9 Å². The lowest BCUT2D eigenvalue weighted by Gasteiger charge is -2.29. The molecular weight excluding hydrogens is 284 g/mol. The molecule has 4 nitrogen and oxygen atoms in total. The number of hydrogen-bond donors (Lipinski definition) is 0. The van der Waals surface area contributed by atoms with Crippen LogP contribution in [0.2, 0.25) is 0 Å². The Labute approximate surface area is 112 Å². The second kappa shape index (κ2) is 6.06. The van der Waals surface area contributed by atoms with Gasteiger partial charge in [0.05, 0.1) is 13.2 Å². The zero-order valence-electron chi connectivity index (χ0n) is 10.7. The largest absolute Gasteiger partial charge is 0.465 e. The number of halogens is 4. The Morgan fingerprint density at radius 1 is 1.20 bits per heavy atom. The summed E-state index contributed by atoms with van der Waals surface area (Å²) < 4.78 is 63.2. The summed E-state index contributed by atoms with van der Waals surface area (Å²) in [7, 11) is 0. The summed E-state index contributed by atoms with van der Waals surface area (Å²) in [6.07, 6.45) is 0.160. The minimum absolute atomic E-state index is 0.160. The highest BCUT2D eigenvalue weighted by Crippen LogP contribution is 2.43. The monoisotopic (exact) mass is 296 g/mol. The Bertz CT molecular complexity index is 486. The Kier molecular flexibility index (Phi) is 4.91. The van der Waals surface area contributed by atoms with Gasteiger partial charge >= 0.3 is 11.9 Å². The number of rotatable bonds is 4. The Morgan fingerprint density at radius 2 is 1.75 bits per heavy atom. The maximum Gasteiger partial charge on any atom is 0.352 e. The van der Waals surface area contributed by atoms with Gasteiger partial charge in [0.1, 0.15) is 5.92 Å². The molecule has 1 aliphatic carbocycles. The standard InChI is InChI=1S/C12H12F4O4/c1-3-19-10(17)6-5-7(13)8(14)9(15)12(6,16)11(18)20-4-2/h5-6H,3-4H2,1-2H3. The van der Waals surface area contributed by atoms with Crippen LogP contribution in [0.3, 0.4) is 0 Å². The van der Waals surface area contributed by atoms with Crippen molar-refractivity contribution in [3.63, 3.8) is 0 Å². The summed E-state index contributed by atoms with van der Waals surface area (Å²) in [5, 5.41) is 0. The lowest BCUT2D eigenvalue weighted by atomic mass is 9.83. The fourth-order valence-electron chi connectivity index (χ4n) is 1.65. The molecule has 0 saturated carbocycles. The molecule has 0 bridgehead atoms. The molecule has 0 N–H and O–H groups in total. The second-order valence-electron chi connectivity index (χ2n) is 3.80. The average Bonchev–Trinajstić information content (AvgIpc) is 2.41. The van der Waals surface area contributed by atoms with Crippen molar-refractivity contribution in [3.8, 4) is 0 Å². The first-order valence-corrected chi connectivity index (χ1v) is 5.76. The molecule has 1 rings (SSSR count). The average molecular weight is 296 g/mol. The fraction of sp³-hybridized carbons (Fsp3) is 0.500. The molecule has 0 heterocycles. The van der Waals surface area contributed by atoms with Crippen molar-refractivity contribution >= 4 is 11.9 Å². The van der Waals surface area contributed by atoms with Crippen LogP contribution in [-0.4, -0.2) is 30.8 Å². The molecule has 0 aliphatic heterocycles. The van der Waals surface area contributed by atoms with Crippen LogP contribution in [-0.2, 0) is 19.1 Å². The number of hydrogen-bond acceptors (Lipinski definition) is 4. The van der Waals surface area contributed by atoms with Gasteiger partial charge in [-0.25, -0.2) is 22.4 Å². The van der Waals surface area contributed by atoms with E-state index in [-0.39, 0.29) is 19.3 Å². The summed E-state index contributed by atoms with van der Waals surface area (Å²) in [6.45, 7) is 2.13. The van der Waals surface area contributed by atoms with Crippen LogP contribution in [0.4, 0.5) is 17.6 Å². The number of carbonyl (C=O) groups excluding carboxylic acids is 2. The van der Waals surface area contributed by atoms with Crippen molar-refractivity contribution in [1.82, 2.24) is 0 Å². The van der Waals surface area contributed by atoms with Gasteiger partial charge in [0.15, 0.2) is 17.5 Å². The molecular formula is C12H12F4O4. The van der Waals surface area contributed by atoms with Crippen LogP contribution in [0, 0.1) is 5.92 Å². The normalized spacial score (nSPS) is 26.1. The third kappa shape index (κ3) is 2.54. The van der Waals surface area contributed by atoms with E-state index in [1.165, 1.54) is 13.8 Å². The van der Waals surface area contributed by atoms with Crippen molar-refractivity contribution in [1.29, 1.82) is 0 Å². The third-order valence-electron chi connectivity index (χ3n) is 2.58. The predicted molar refractivity (Wildman–Crippen MR) is 59.0 cm³/mol. The molecule has 0 saturated heterocycles. The van der Waals surface area contributed by atoms with Gasteiger partial charge in [-0.3, -0.25) is 4.79 Å². The van der Waals surface area contributed by atoms with Crippen LogP contribution < -0.4 is 0 Å². The molecule has 112 valence electrons. The highest BCUT2D eigenvalue weighted by molar-refractivity contribution is 5.92. The molecule has 1 aliphatic rings. The van der Waals surface area contributed by atoms with Crippen molar-refractivity contribution in [2.75, 3.05) is 13.2 Å². The molecule has 0 aromatic heterocycles. The van der Waals surface area contributed by atoms with E-state index < -0.39 is 41.0 Å². The van der Waals surface area contributed by atoms with E-state index in [0.29, 0.717) is 0 Å². The minimum Gasteiger partial charge on any atom is -0.465 e. The number of esters is 2. The van der Waals surface area contributed by atoms with Gasteiger partial charge in [-0.1, -0.05) is 0 Å². The highest BCUT2D eigenvalue weighted by atomic mass is 19.2. The van der Waals surface area contributed by atoms with Gasteiger partial charge in [0.25, 0.3) is 5.67 Å². The molecule has 2 atom stereocenters. The Morgan fingerprint density at radius 3 is 2.25 bits per heavy atom. The number of alkyl halides is 1. The lowest BCUT2D eigenvalue weighted by Crippen LogP contribution is -2.48. The van der Waals surface area contributed by atoms with Crippen molar-refractivity contribution in [3.05, 3.63) is 23.6 Å². The maximum absolute atomic E-state index is 14.5. The molecule has 8 heteroatoms. The summed E-state index contributed by atoms with van der Waals surface area (Å²) in [5.41, 5.74) is -3.78. The van der Waals surface area contributed by atoms with Crippen molar-refractivity contribution in [2.24, 2.45) is 5.92 Å². The van der Waals surface area contributed by atoms with Crippen LogP contribution in [0.1, 0.15) is 13.8 Å². The van der Waals surface area contributed by atoms with Crippen LogP contribution in [0.5, 0.6) is 0 Å². The summed E-state index contributed by atoms with van der Waals surface area (Å²) in [6, 6.07) is 0. The Balaban J connectivity index is 3.32. The van der Waals surface area contributed by atoms with E-state index in [1.54, 1.807) is 0 Å². The predicted octanol–water partition coefficient (Wildman–Crippen LogP) is 2.45. The van der Waals surface area contributed by atoms with Crippen LogP contribution in [0.25, 0.3) is 0 Å². The van der Waals surface area contributed by atoms with E-state index in [4.69, 9.17) is 0 Å². The van der Waals surface area contributed by atoms with E-state index in [9.17, 15) is 27.2 Å². The Hall–Kier alpha value is -1.86. The molecule has 0 fully saturated rings. The first kappa shape index (κ1) is 16.2. The zero-order valence-corrected chi connectivity index (χ0v) is 10.7. The molecule has 0 amide bonds. The molecule has 2 unspecified atom stereocenters. The highest BCUT2D eigenvalue weighted by Gasteiger charge is 2.59. The molecule has 0 aromatic rings. The molecule has 0 spiro atoms. The summed E-state index contributed by atoms with van der Waals surface area (Å²) in [4.78, 5) is 23.0. The third-order valence-corrected chi connectivity index (χ3v) is 2.58. The van der Waals surface area contributed by atoms with Crippen molar-refractivity contribution < 1.29 is 36.6 Å². The van der Waals surface area contributed by atoms with Gasteiger partial charge < -0.3 is 9.47 Å². The number of carbonyl (C=O) groups is 2. The quantitative estimate of drug-likeness (QED) is 0.590. The fourth-order valence-corrected chi connectivity index (χ4v) is 1.65. The SMILES string of the molecule is CCOC(=O)C1C=C(F)C(F)=C(F)C1(F)C(=O)OCC. The van der Waals surface area contributed by atoms with E-state index >= 15 is 0 Å².